The molecule has 5 nitrogen and oxygen atoms in total. The van der Waals surface area contributed by atoms with E-state index < -0.39 is 4.92 Å². The minimum atomic E-state index is -0.499. The van der Waals surface area contributed by atoms with Crippen LogP contribution in [0.1, 0.15) is 0 Å². The van der Waals surface area contributed by atoms with Crippen LogP contribution in [0.15, 0.2) is 12.1 Å². The molecular formula is C5H4N2O3S. The lowest BCUT2D eigenvalue weighted by Gasteiger charge is -1.85. The maximum Gasteiger partial charge on any atom is 0.326 e. The van der Waals surface area contributed by atoms with Gasteiger partial charge in [-0.05, 0) is 17.4 Å². The molecule has 1 heterocycles. The van der Waals surface area contributed by atoms with Gasteiger partial charge in [0.15, 0.2) is 0 Å². The molecular weight excluding hydrogens is 168 g/mol. The van der Waals surface area contributed by atoms with Crippen LogP contribution in [-0.4, -0.2) is 11.3 Å². The quantitative estimate of drug-likeness (QED) is 0.423. The van der Waals surface area contributed by atoms with Gasteiger partial charge in [0.2, 0.25) is 6.41 Å². The standard InChI is InChI=1S/C5H4N2O3S/c8-3-6-4-1-2-5(11-4)7(9)10/h1-3H,(H,6,8). The zero-order valence-electron chi connectivity index (χ0n) is 5.31. The molecule has 0 aliphatic carbocycles. The molecule has 0 spiro atoms. The third-order valence-electron chi connectivity index (χ3n) is 0.973. The van der Waals surface area contributed by atoms with Crippen LogP contribution in [0.3, 0.4) is 0 Å². The van der Waals surface area contributed by atoms with Crippen LogP contribution in [0.2, 0.25) is 0 Å². The smallest absolute Gasteiger partial charge is 0.320 e. The Morgan fingerprint density at radius 2 is 2.36 bits per heavy atom. The van der Waals surface area contributed by atoms with Crippen LogP contribution < -0.4 is 5.32 Å². The molecule has 1 aromatic heterocycles. The Morgan fingerprint density at radius 1 is 1.64 bits per heavy atom. The van der Waals surface area contributed by atoms with Crippen LogP contribution in [0.4, 0.5) is 10.0 Å². The van der Waals surface area contributed by atoms with Crippen molar-refractivity contribution in [2.24, 2.45) is 0 Å². The van der Waals surface area contributed by atoms with E-state index in [2.05, 4.69) is 5.32 Å². The van der Waals surface area contributed by atoms with Gasteiger partial charge in [-0.15, -0.1) is 0 Å². The summed E-state index contributed by atoms with van der Waals surface area (Å²) >= 11 is 0.924. The number of hydrogen-bond donors (Lipinski definition) is 1. The van der Waals surface area contributed by atoms with Crippen molar-refractivity contribution in [3.8, 4) is 0 Å². The van der Waals surface area contributed by atoms with Crippen LogP contribution in [0.25, 0.3) is 0 Å². The summed E-state index contributed by atoms with van der Waals surface area (Å²) in [6.07, 6.45) is 0.482. The first-order valence-electron chi connectivity index (χ1n) is 2.68. The highest BCUT2D eigenvalue weighted by Gasteiger charge is 2.08. The Bertz CT molecular complexity index is 283. The van der Waals surface area contributed by atoms with E-state index in [0.29, 0.717) is 11.4 Å². The second-order valence-electron chi connectivity index (χ2n) is 1.66. The molecule has 0 bridgehead atoms. The lowest BCUT2D eigenvalue weighted by atomic mass is 10.6. The van der Waals surface area contributed by atoms with Crippen molar-refractivity contribution in [2.75, 3.05) is 5.32 Å². The summed E-state index contributed by atoms with van der Waals surface area (Å²) in [6.45, 7) is 0. The minimum Gasteiger partial charge on any atom is -0.320 e. The predicted molar refractivity (Wildman–Crippen MR) is 40.7 cm³/mol. The second-order valence-corrected chi connectivity index (χ2v) is 2.72. The number of thiophene rings is 1. The number of nitro groups is 1. The molecule has 0 saturated carbocycles. The number of nitrogens with zero attached hydrogens (tertiary/aromatic N) is 1. The van der Waals surface area contributed by atoms with Crippen molar-refractivity contribution in [2.45, 2.75) is 0 Å². The zero-order chi connectivity index (χ0) is 8.27. The van der Waals surface area contributed by atoms with Gasteiger partial charge in [-0.3, -0.25) is 14.9 Å². The Labute approximate surface area is 65.8 Å². The molecule has 1 N–H and O–H groups in total. The van der Waals surface area contributed by atoms with Gasteiger partial charge in [0.25, 0.3) is 0 Å². The fourth-order valence-corrected chi connectivity index (χ4v) is 1.24. The van der Waals surface area contributed by atoms with Crippen molar-refractivity contribution < 1.29 is 9.72 Å². The van der Waals surface area contributed by atoms with E-state index in [1.54, 1.807) is 0 Å². The number of carbonyl (C=O) groups is 1. The summed E-state index contributed by atoms with van der Waals surface area (Å²) < 4.78 is 0. The number of anilines is 1. The summed E-state index contributed by atoms with van der Waals surface area (Å²) in [5.41, 5.74) is 0. The highest BCUT2D eigenvalue weighted by atomic mass is 32.1. The van der Waals surface area contributed by atoms with Crippen LogP contribution >= 0.6 is 11.3 Å². The summed E-state index contributed by atoms with van der Waals surface area (Å²) in [6, 6.07) is 2.83. The fraction of sp³-hybridized carbons (Fsp3) is 0. The third kappa shape index (κ3) is 1.74. The van der Waals surface area contributed by atoms with E-state index in [1.165, 1.54) is 12.1 Å². The van der Waals surface area contributed by atoms with E-state index in [0.717, 1.165) is 11.3 Å². The van der Waals surface area contributed by atoms with Crippen molar-refractivity contribution in [3.05, 3.63) is 22.2 Å². The molecule has 1 amide bonds. The van der Waals surface area contributed by atoms with Gasteiger partial charge in [-0.25, -0.2) is 0 Å². The topological polar surface area (TPSA) is 72.2 Å². The second kappa shape index (κ2) is 3.11. The molecule has 1 rings (SSSR count). The number of amides is 1. The van der Waals surface area contributed by atoms with Gasteiger partial charge in [-0.2, -0.15) is 0 Å². The Morgan fingerprint density at radius 3 is 2.82 bits per heavy atom. The molecule has 0 fully saturated rings. The zero-order valence-corrected chi connectivity index (χ0v) is 6.13. The predicted octanol–water partition coefficient (Wildman–Crippen LogP) is 1.22. The summed E-state index contributed by atoms with van der Waals surface area (Å²) in [5, 5.41) is 12.9. The van der Waals surface area contributed by atoms with Crippen LogP contribution in [-0.2, 0) is 4.79 Å². The van der Waals surface area contributed by atoms with E-state index in [1.807, 2.05) is 0 Å². The van der Waals surface area contributed by atoms with Crippen LogP contribution in [0.5, 0.6) is 0 Å². The maximum atomic E-state index is 10.1. The number of hydrogen-bond acceptors (Lipinski definition) is 4. The van der Waals surface area contributed by atoms with Crippen molar-refractivity contribution in [1.29, 1.82) is 0 Å². The van der Waals surface area contributed by atoms with Crippen molar-refractivity contribution >= 4 is 27.7 Å². The van der Waals surface area contributed by atoms with Gasteiger partial charge in [-0.1, -0.05) is 0 Å². The van der Waals surface area contributed by atoms with E-state index in [-0.39, 0.29) is 5.00 Å². The number of nitrogens with one attached hydrogen (secondary N) is 1. The molecule has 0 unspecified atom stereocenters. The third-order valence-corrected chi connectivity index (χ3v) is 1.94. The first-order chi connectivity index (χ1) is 5.24. The molecule has 0 saturated heterocycles. The molecule has 58 valence electrons. The number of rotatable bonds is 3. The van der Waals surface area contributed by atoms with E-state index in [9.17, 15) is 14.9 Å². The largest absolute Gasteiger partial charge is 0.326 e. The lowest BCUT2D eigenvalue weighted by Crippen LogP contribution is -1.88. The van der Waals surface area contributed by atoms with Crippen LogP contribution in [0, 0.1) is 10.1 Å². The van der Waals surface area contributed by atoms with E-state index >= 15 is 0 Å². The van der Waals surface area contributed by atoms with Gasteiger partial charge in [0.1, 0.15) is 5.00 Å². The average Bonchev–Trinajstić information content (AvgIpc) is 2.37. The normalized spacial score (nSPS) is 9.09. The maximum absolute atomic E-state index is 10.1. The first-order valence-corrected chi connectivity index (χ1v) is 3.50. The van der Waals surface area contributed by atoms with Gasteiger partial charge >= 0.3 is 5.00 Å². The Balaban J connectivity index is 2.81. The average molecular weight is 172 g/mol. The summed E-state index contributed by atoms with van der Waals surface area (Å²) in [7, 11) is 0. The summed E-state index contributed by atoms with van der Waals surface area (Å²) in [4.78, 5) is 19.5. The van der Waals surface area contributed by atoms with Gasteiger partial charge in [0.05, 0.1) is 4.92 Å². The first kappa shape index (κ1) is 7.67. The molecule has 1 aromatic rings. The molecule has 0 radical (unpaired) electrons. The molecule has 0 aromatic carbocycles. The van der Waals surface area contributed by atoms with Gasteiger partial charge in [0, 0.05) is 6.07 Å². The Hall–Kier alpha value is -1.43. The molecule has 0 aliphatic rings. The molecule has 6 heteroatoms. The summed E-state index contributed by atoms with van der Waals surface area (Å²) in [5.74, 6) is 0. The van der Waals surface area contributed by atoms with Crippen molar-refractivity contribution in [3.63, 3.8) is 0 Å². The SMILES string of the molecule is O=CNc1ccc([N+](=O)[O-])s1. The lowest BCUT2D eigenvalue weighted by molar-refractivity contribution is -0.380. The molecule has 0 aliphatic heterocycles. The fourth-order valence-electron chi connectivity index (χ4n) is 0.561. The highest BCUT2D eigenvalue weighted by molar-refractivity contribution is 7.19. The molecule has 0 atom stereocenters. The highest BCUT2D eigenvalue weighted by Crippen LogP contribution is 2.27. The molecule has 11 heavy (non-hydrogen) atoms. The Kier molecular flexibility index (Phi) is 2.17. The van der Waals surface area contributed by atoms with Crippen molar-refractivity contribution in [1.82, 2.24) is 0 Å². The monoisotopic (exact) mass is 172 g/mol. The minimum absolute atomic E-state index is 0.0225. The number of carbonyl (C=O) groups excluding carboxylic acids is 1. The van der Waals surface area contributed by atoms with Gasteiger partial charge < -0.3 is 5.32 Å². The van der Waals surface area contributed by atoms with E-state index in [4.69, 9.17) is 0 Å².